The van der Waals surface area contributed by atoms with Gasteiger partial charge >= 0.3 is 5.97 Å². The van der Waals surface area contributed by atoms with E-state index in [1.54, 1.807) is 12.4 Å². The third-order valence-corrected chi connectivity index (χ3v) is 4.57. The van der Waals surface area contributed by atoms with E-state index in [2.05, 4.69) is 14.9 Å². The van der Waals surface area contributed by atoms with Gasteiger partial charge in [-0.15, -0.1) is 0 Å². The Morgan fingerprint density at radius 3 is 2.04 bits per heavy atom. The molecule has 2 aromatic heterocycles. The zero-order chi connectivity index (χ0) is 20.4. The Morgan fingerprint density at radius 2 is 1.57 bits per heavy atom. The number of carboxylic acids is 1. The van der Waals surface area contributed by atoms with Crippen molar-refractivity contribution in [2.45, 2.75) is 51.5 Å². The van der Waals surface area contributed by atoms with Gasteiger partial charge < -0.3 is 30.2 Å². The first-order chi connectivity index (χ1) is 13.5. The van der Waals surface area contributed by atoms with E-state index in [9.17, 15) is 15.0 Å². The number of aliphatic hydroxyl groups is 2. The van der Waals surface area contributed by atoms with Crippen LogP contribution in [0.5, 0.6) is 0 Å². The zero-order valence-corrected chi connectivity index (χ0v) is 16.0. The maximum Gasteiger partial charge on any atom is 0.320 e. The van der Waals surface area contributed by atoms with Crippen molar-refractivity contribution in [3.8, 4) is 0 Å². The van der Waals surface area contributed by atoms with Crippen molar-refractivity contribution in [2.75, 3.05) is 19.8 Å². The number of aliphatic carboxylic acids is 1. The first kappa shape index (κ1) is 22.0. The van der Waals surface area contributed by atoms with Crippen molar-refractivity contribution < 1.29 is 20.1 Å². The molecular formula is C18H30N6O4. The van der Waals surface area contributed by atoms with Crippen LogP contribution < -0.4 is 5.73 Å². The van der Waals surface area contributed by atoms with Crippen LogP contribution in [0, 0.1) is 0 Å². The fourth-order valence-electron chi connectivity index (χ4n) is 3.04. The molecule has 10 nitrogen and oxygen atoms in total. The first-order valence-electron chi connectivity index (χ1n) is 9.47. The Kier molecular flexibility index (Phi) is 9.08. The molecule has 0 aliphatic heterocycles. The lowest BCUT2D eigenvalue weighted by molar-refractivity contribution is -0.138. The van der Waals surface area contributed by atoms with Crippen LogP contribution in [0.3, 0.4) is 0 Å². The lowest BCUT2D eigenvalue weighted by Crippen LogP contribution is -2.31. The predicted molar refractivity (Wildman–Crippen MR) is 102 cm³/mol. The molecular weight excluding hydrogens is 364 g/mol. The van der Waals surface area contributed by atoms with Gasteiger partial charge in [0.25, 0.3) is 0 Å². The number of aliphatic hydroxyl groups excluding tert-OH is 2. The minimum Gasteiger partial charge on any atom is -0.480 e. The normalized spacial score (nSPS) is 12.6. The van der Waals surface area contributed by atoms with Crippen LogP contribution in [0.25, 0.3) is 0 Å². The van der Waals surface area contributed by atoms with Crippen molar-refractivity contribution >= 4 is 5.97 Å². The minimum atomic E-state index is -0.978. The third-order valence-electron chi connectivity index (χ3n) is 4.57. The number of nitrogens with zero attached hydrogens (tertiary/aromatic N) is 5. The van der Waals surface area contributed by atoms with Gasteiger partial charge in [-0.05, 0) is 19.4 Å². The standard InChI is InChI=1S/C18H30N6O4/c19-15(18(27)28)3-1-2-6-22(13-16-20-4-7-23(16)9-11-25)14-17-21-5-8-24(17)10-12-26/h4-5,7-8,15,25-26H,1-3,6,9-14,19H2,(H,27,28). The second-order valence-electron chi connectivity index (χ2n) is 6.67. The van der Waals surface area contributed by atoms with E-state index in [1.165, 1.54) is 0 Å². The molecule has 0 saturated carbocycles. The summed E-state index contributed by atoms with van der Waals surface area (Å²) in [5, 5.41) is 27.3. The van der Waals surface area contributed by atoms with Gasteiger partial charge in [0.1, 0.15) is 17.7 Å². The molecule has 28 heavy (non-hydrogen) atoms. The maximum atomic E-state index is 10.9. The SMILES string of the molecule is NC(CCCCN(Cc1nccn1CCO)Cc1nccn1CCO)C(=O)O. The van der Waals surface area contributed by atoms with Crippen LogP contribution in [0.1, 0.15) is 30.9 Å². The van der Waals surface area contributed by atoms with E-state index < -0.39 is 12.0 Å². The van der Waals surface area contributed by atoms with E-state index in [0.717, 1.165) is 24.6 Å². The molecule has 0 aliphatic carbocycles. The van der Waals surface area contributed by atoms with Crippen LogP contribution in [0.15, 0.2) is 24.8 Å². The van der Waals surface area contributed by atoms with Gasteiger partial charge in [-0.3, -0.25) is 9.69 Å². The Morgan fingerprint density at radius 1 is 1.04 bits per heavy atom. The molecule has 0 radical (unpaired) electrons. The number of carbonyl (C=O) groups is 1. The first-order valence-corrected chi connectivity index (χ1v) is 9.47. The summed E-state index contributed by atoms with van der Waals surface area (Å²) in [5.74, 6) is 0.710. The van der Waals surface area contributed by atoms with E-state index in [1.807, 2.05) is 21.5 Å². The molecule has 2 rings (SSSR count). The lowest BCUT2D eigenvalue weighted by Gasteiger charge is -2.23. The van der Waals surface area contributed by atoms with Gasteiger partial charge in [-0.25, -0.2) is 9.97 Å². The average molecular weight is 394 g/mol. The molecule has 10 heteroatoms. The second-order valence-corrected chi connectivity index (χ2v) is 6.67. The van der Waals surface area contributed by atoms with Crippen LogP contribution in [0.4, 0.5) is 0 Å². The van der Waals surface area contributed by atoms with Gasteiger partial charge in [0, 0.05) is 37.9 Å². The molecule has 0 saturated heterocycles. The Balaban J connectivity index is 2.01. The highest BCUT2D eigenvalue weighted by molar-refractivity contribution is 5.72. The minimum absolute atomic E-state index is 0.0390. The van der Waals surface area contributed by atoms with Crippen molar-refractivity contribution in [1.82, 2.24) is 24.0 Å². The van der Waals surface area contributed by atoms with E-state index in [0.29, 0.717) is 39.0 Å². The van der Waals surface area contributed by atoms with Crippen molar-refractivity contribution in [1.29, 1.82) is 0 Å². The highest BCUT2D eigenvalue weighted by atomic mass is 16.4. The van der Waals surface area contributed by atoms with Crippen molar-refractivity contribution in [3.63, 3.8) is 0 Å². The van der Waals surface area contributed by atoms with Gasteiger partial charge in [-0.2, -0.15) is 0 Å². The van der Waals surface area contributed by atoms with Gasteiger partial charge in [-0.1, -0.05) is 6.42 Å². The second kappa shape index (κ2) is 11.5. The third kappa shape index (κ3) is 6.71. The molecule has 156 valence electrons. The number of unbranched alkanes of at least 4 members (excludes halogenated alkanes) is 1. The van der Waals surface area contributed by atoms with Crippen LogP contribution >= 0.6 is 0 Å². The van der Waals surface area contributed by atoms with Gasteiger partial charge in [0.05, 0.1) is 26.3 Å². The average Bonchev–Trinajstić information content (AvgIpc) is 3.29. The largest absolute Gasteiger partial charge is 0.480 e. The molecule has 2 heterocycles. The van der Waals surface area contributed by atoms with E-state index in [4.69, 9.17) is 10.8 Å². The topological polar surface area (TPSA) is 143 Å². The molecule has 1 unspecified atom stereocenters. The molecule has 1 atom stereocenters. The maximum absolute atomic E-state index is 10.9. The summed E-state index contributed by atoms with van der Waals surface area (Å²) >= 11 is 0. The number of hydrogen-bond acceptors (Lipinski definition) is 7. The van der Waals surface area contributed by atoms with Crippen LogP contribution in [0.2, 0.25) is 0 Å². The highest BCUT2D eigenvalue weighted by Crippen LogP contribution is 2.11. The summed E-state index contributed by atoms with van der Waals surface area (Å²) in [7, 11) is 0. The lowest BCUT2D eigenvalue weighted by atomic mass is 10.1. The number of aromatic nitrogens is 4. The molecule has 0 fully saturated rings. The highest BCUT2D eigenvalue weighted by Gasteiger charge is 2.15. The van der Waals surface area contributed by atoms with Gasteiger partial charge in [0.15, 0.2) is 0 Å². The Bertz CT molecular complexity index is 670. The summed E-state index contributed by atoms with van der Waals surface area (Å²) in [6.07, 6.45) is 9.03. The monoisotopic (exact) mass is 394 g/mol. The number of rotatable bonds is 14. The fourth-order valence-corrected chi connectivity index (χ4v) is 3.04. The Hall–Kier alpha value is -2.27. The summed E-state index contributed by atoms with van der Waals surface area (Å²) in [5.41, 5.74) is 5.57. The molecule has 0 bridgehead atoms. The summed E-state index contributed by atoms with van der Waals surface area (Å²) in [6, 6.07) is -0.833. The van der Waals surface area contributed by atoms with Crippen LogP contribution in [-0.2, 0) is 31.0 Å². The molecule has 0 spiro atoms. The molecule has 0 aliphatic rings. The molecule has 0 aromatic carbocycles. The molecule has 5 N–H and O–H groups in total. The molecule has 0 amide bonds. The van der Waals surface area contributed by atoms with E-state index in [-0.39, 0.29) is 13.2 Å². The van der Waals surface area contributed by atoms with E-state index >= 15 is 0 Å². The summed E-state index contributed by atoms with van der Waals surface area (Å²) in [4.78, 5) is 21.8. The smallest absolute Gasteiger partial charge is 0.320 e. The predicted octanol–water partition coefficient (Wildman–Crippen LogP) is -0.351. The summed E-state index contributed by atoms with van der Waals surface area (Å²) in [6.45, 7) is 2.92. The molecule has 2 aromatic rings. The number of carboxylic acid groups (broad SMARTS) is 1. The zero-order valence-electron chi connectivity index (χ0n) is 16.0. The quantitative estimate of drug-likeness (QED) is 0.318. The van der Waals surface area contributed by atoms with Crippen LogP contribution in [-0.4, -0.2) is 71.1 Å². The van der Waals surface area contributed by atoms with Crippen molar-refractivity contribution in [2.24, 2.45) is 5.73 Å². The fraction of sp³-hybridized carbons (Fsp3) is 0.611. The number of hydrogen-bond donors (Lipinski definition) is 4. The van der Waals surface area contributed by atoms with Gasteiger partial charge in [0.2, 0.25) is 0 Å². The number of nitrogens with two attached hydrogens (primary N) is 1. The number of imidazole rings is 2. The van der Waals surface area contributed by atoms with Crippen molar-refractivity contribution in [3.05, 3.63) is 36.4 Å². The Labute approximate surface area is 164 Å². The summed E-state index contributed by atoms with van der Waals surface area (Å²) < 4.78 is 3.82.